The van der Waals surface area contributed by atoms with Crippen molar-refractivity contribution in [2.45, 2.75) is 13.5 Å². The second-order valence-corrected chi connectivity index (χ2v) is 5.93. The maximum atomic E-state index is 12.1. The fourth-order valence-corrected chi connectivity index (χ4v) is 2.65. The summed E-state index contributed by atoms with van der Waals surface area (Å²) in [5, 5.41) is 4.47. The highest BCUT2D eigenvalue weighted by Crippen LogP contribution is 2.13. The minimum absolute atomic E-state index is 0.00966. The Balaban J connectivity index is 1.81. The lowest BCUT2D eigenvalue weighted by Gasteiger charge is -2.17. The molecule has 2 amide bonds. The van der Waals surface area contributed by atoms with Crippen LogP contribution in [0.4, 0.5) is 0 Å². The Morgan fingerprint density at radius 3 is 2.57 bits per heavy atom. The van der Waals surface area contributed by atoms with Crippen LogP contribution in [-0.4, -0.2) is 36.9 Å². The summed E-state index contributed by atoms with van der Waals surface area (Å²) in [6.07, 6.45) is 0. The molecule has 0 saturated carbocycles. The van der Waals surface area contributed by atoms with Crippen molar-refractivity contribution in [1.82, 2.24) is 10.2 Å². The third-order valence-electron chi connectivity index (χ3n) is 3.22. The maximum absolute atomic E-state index is 12.1. The average Bonchev–Trinajstić information content (AvgIpc) is 3.09. The van der Waals surface area contributed by atoms with Crippen molar-refractivity contribution in [3.05, 3.63) is 52.2 Å². The van der Waals surface area contributed by atoms with Gasteiger partial charge in [-0.1, -0.05) is 18.2 Å². The SMILES string of the molecule is CCOc1ccc(CN(C)C(=O)CNC(=O)c2cccs2)cc1. The predicted molar refractivity (Wildman–Crippen MR) is 90.7 cm³/mol. The first-order valence-corrected chi connectivity index (χ1v) is 8.25. The zero-order valence-electron chi connectivity index (χ0n) is 13.2. The fraction of sp³-hybridized carbons (Fsp3) is 0.294. The largest absolute Gasteiger partial charge is 0.494 e. The average molecular weight is 332 g/mol. The fourth-order valence-electron chi connectivity index (χ4n) is 2.01. The minimum atomic E-state index is -0.220. The summed E-state index contributed by atoms with van der Waals surface area (Å²) in [7, 11) is 1.72. The van der Waals surface area contributed by atoms with Gasteiger partial charge >= 0.3 is 0 Å². The lowest BCUT2D eigenvalue weighted by atomic mass is 10.2. The van der Waals surface area contributed by atoms with Gasteiger partial charge < -0.3 is 15.0 Å². The molecule has 6 heteroatoms. The van der Waals surface area contributed by atoms with Gasteiger partial charge in [-0.15, -0.1) is 11.3 Å². The lowest BCUT2D eigenvalue weighted by molar-refractivity contribution is -0.129. The Morgan fingerprint density at radius 1 is 1.22 bits per heavy atom. The van der Waals surface area contributed by atoms with Crippen LogP contribution in [0.3, 0.4) is 0 Å². The van der Waals surface area contributed by atoms with Gasteiger partial charge in [-0.25, -0.2) is 0 Å². The smallest absolute Gasteiger partial charge is 0.261 e. The maximum Gasteiger partial charge on any atom is 0.261 e. The number of thiophene rings is 1. The van der Waals surface area contributed by atoms with Gasteiger partial charge in [-0.05, 0) is 36.1 Å². The molecule has 2 aromatic rings. The predicted octanol–water partition coefficient (Wildman–Crippen LogP) is 2.54. The molecule has 0 fully saturated rings. The van der Waals surface area contributed by atoms with Crippen LogP contribution in [0.5, 0.6) is 5.75 Å². The molecule has 0 aliphatic carbocycles. The van der Waals surface area contributed by atoms with Crippen molar-refractivity contribution in [2.75, 3.05) is 20.2 Å². The Hall–Kier alpha value is -2.34. The molecule has 0 saturated heterocycles. The van der Waals surface area contributed by atoms with Gasteiger partial charge in [0.25, 0.3) is 5.91 Å². The van der Waals surface area contributed by atoms with E-state index >= 15 is 0 Å². The normalized spacial score (nSPS) is 10.2. The molecule has 0 radical (unpaired) electrons. The molecule has 122 valence electrons. The number of amides is 2. The first-order chi connectivity index (χ1) is 11.1. The van der Waals surface area contributed by atoms with E-state index in [4.69, 9.17) is 4.74 Å². The van der Waals surface area contributed by atoms with Gasteiger partial charge in [-0.3, -0.25) is 9.59 Å². The van der Waals surface area contributed by atoms with Crippen LogP contribution in [0.15, 0.2) is 41.8 Å². The minimum Gasteiger partial charge on any atom is -0.494 e. The van der Waals surface area contributed by atoms with E-state index in [0.29, 0.717) is 18.0 Å². The van der Waals surface area contributed by atoms with Crippen molar-refractivity contribution in [3.8, 4) is 5.75 Å². The van der Waals surface area contributed by atoms with Crippen LogP contribution in [0.25, 0.3) is 0 Å². The second-order valence-electron chi connectivity index (χ2n) is 4.99. The Kier molecular flexibility index (Phi) is 6.17. The molecule has 0 aliphatic heterocycles. The van der Waals surface area contributed by atoms with Crippen molar-refractivity contribution in [2.24, 2.45) is 0 Å². The zero-order valence-corrected chi connectivity index (χ0v) is 14.1. The van der Waals surface area contributed by atoms with E-state index in [9.17, 15) is 9.59 Å². The van der Waals surface area contributed by atoms with Gasteiger partial charge in [0.15, 0.2) is 0 Å². The van der Waals surface area contributed by atoms with Gasteiger partial charge in [-0.2, -0.15) is 0 Å². The van der Waals surface area contributed by atoms with Gasteiger partial charge in [0.05, 0.1) is 18.0 Å². The van der Waals surface area contributed by atoms with Crippen LogP contribution in [-0.2, 0) is 11.3 Å². The molecule has 0 atom stereocenters. The summed E-state index contributed by atoms with van der Waals surface area (Å²) in [6.45, 7) is 3.04. The van der Waals surface area contributed by atoms with Crippen molar-refractivity contribution in [3.63, 3.8) is 0 Å². The van der Waals surface area contributed by atoms with E-state index in [1.165, 1.54) is 11.3 Å². The summed E-state index contributed by atoms with van der Waals surface area (Å²) in [6, 6.07) is 11.2. The number of benzene rings is 1. The summed E-state index contributed by atoms with van der Waals surface area (Å²) < 4.78 is 5.39. The van der Waals surface area contributed by atoms with E-state index in [1.54, 1.807) is 24.1 Å². The Morgan fingerprint density at radius 2 is 1.96 bits per heavy atom. The Bertz CT molecular complexity index is 638. The summed E-state index contributed by atoms with van der Waals surface area (Å²) >= 11 is 1.35. The van der Waals surface area contributed by atoms with Gasteiger partial charge in [0, 0.05) is 13.6 Å². The van der Waals surface area contributed by atoms with Crippen LogP contribution < -0.4 is 10.1 Å². The van der Waals surface area contributed by atoms with Crippen LogP contribution in [0, 0.1) is 0 Å². The van der Waals surface area contributed by atoms with Crippen molar-refractivity contribution >= 4 is 23.2 Å². The number of carbonyl (C=O) groups excluding carboxylic acids is 2. The van der Waals surface area contributed by atoms with Crippen molar-refractivity contribution in [1.29, 1.82) is 0 Å². The van der Waals surface area contributed by atoms with E-state index in [1.807, 2.05) is 36.6 Å². The molecule has 0 spiro atoms. The topological polar surface area (TPSA) is 58.6 Å². The van der Waals surface area contributed by atoms with Gasteiger partial charge in [0.1, 0.15) is 5.75 Å². The summed E-state index contributed by atoms with van der Waals surface area (Å²) in [5.74, 6) is 0.458. The number of ether oxygens (including phenoxy) is 1. The first-order valence-electron chi connectivity index (χ1n) is 7.37. The highest BCUT2D eigenvalue weighted by atomic mass is 32.1. The molecular weight excluding hydrogens is 312 g/mol. The number of nitrogens with zero attached hydrogens (tertiary/aromatic N) is 1. The van der Waals surface area contributed by atoms with E-state index in [-0.39, 0.29) is 18.4 Å². The number of hydrogen-bond acceptors (Lipinski definition) is 4. The number of hydrogen-bond donors (Lipinski definition) is 1. The standard InChI is InChI=1S/C17H20N2O3S/c1-3-22-14-8-6-13(7-9-14)12-19(2)16(20)11-18-17(21)15-5-4-10-23-15/h4-10H,3,11-12H2,1-2H3,(H,18,21). The summed E-state index contributed by atoms with van der Waals surface area (Å²) in [5.41, 5.74) is 1.01. The van der Waals surface area contributed by atoms with Crippen LogP contribution in [0.1, 0.15) is 22.2 Å². The van der Waals surface area contributed by atoms with E-state index in [2.05, 4.69) is 5.32 Å². The molecule has 23 heavy (non-hydrogen) atoms. The molecule has 5 nitrogen and oxygen atoms in total. The molecule has 0 unspecified atom stereocenters. The quantitative estimate of drug-likeness (QED) is 0.848. The van der Waals surface area contributed by atoms with Crippen LogP contribution >= 0.6 is 11.3 Å². The van der Waals surface area contributed by atoms with E-state index < -0.39 is 0 Å². The number of nitrogens with one attached hydrogen (secondary N) is 1. The molecular formula is C17H20N2O3S. The third kappa shape index (κ3) is 5.10. The molecule has 1 heterocycles. The van der Waals surface area contributed by atoms with Gasteiger partial charge in [0.2, 0.25) is 5.91 Å². The highest BCUT2D eigenvalue weighted by molar-refractivity contribution is 7.12. The van der Waals surface area contributed by atoms with E-state index in [0.717, 1.165) is 11.3 Å². The number of rotatable bonds is 7. The molecule has 1 aromatic heterocycles. The highest BCUT2D eigenvalue weighted by Gasteiger charge is 2.12. The lowest BCUT2D eigenvalue weighted by Crippen LogP contribution is -2.37. The second kappa shape index (κ2) is 8.33. The monoisotopic (exact) mass is 332 g/mol. The zero-order chi connectivity index (χ0) is 16.7. The van der Waals surface area contributed by atoms with Crippen LogP contribution in [0.2, 0.25) is 0 Å². The molecule has 2 rings (SSSR count). The third-order valence-corrected chi connectivity index (χ3v) is 4.09. The first kappa shape index (κ1) is 17.0. The molecule has 1 aromatic carbocycles. The van der Waals surface area contributed by atoms with Crippen molar-refractivity contribution < 1.29 is 14.3 Å². The Labute approximate surface area is 139 Å². The molecule has 0 bridgehead atoms. The summed E-state index contributed by atoms with van der Waals surface area (Å²) in [4.78, 5) is 26.1. The molecule has 1 N–H and O–H groups in total. The molecule has 0 aliphatic rings. The number of carbonyl (C=O) groups is 2. The number of likely N-dealkylation sites (N-methyl/N-ethyl adjacent to an activating group) is 1.